The van der Waals surface area contributed by atoms with Crippen molar-refractivity contribution in [1.82, 2.24) is 5.16 Å². The highest BCUT2D eigenvalue weighted by Gasteiger charge is 2.30. The number of rotatable bonds is 0. The lowest BCUT2D eigenvalue weighted by molar-refractivity contribution is -0.137. The molecule has 0 unspecified atom stereocenters. The third kappa shape index (κ3) is 1.28. The number of nitrogen functional groups attached to an aromatic ring is 1. The molecule has 0 radical (unpaired) electrons. The first kappa shape index (κ1) is 8.86. The van der Waals surface area contributed by atoms with Gasteiger partial charge in [-0.1, -0.05) is 5.16 Å². The molecular weight excluding hydrogens is 197 g/mol. The Hall–Kier alpha value is -1.72. The lowest BCUT2D eigenvalue weighted by atomic mass is 10.1. The number of anilines is 1. The molecule has 0 atom stereocenters. The summed E-state index contributed by atoms with van der Waals surface area (Å²) in [4.78, 5) is 0. The molecule has 6 heteroatoms. The Labute approximate surface area is 76.3 Å². The van der Waals surface area contributed by atoms with Gasteiger partial charge in [-0.25, -0.2) is 0 Å². The molecule has 0 spiro atoms. The third-order valence-corrected chi connectivity index (χ3v) is 1.83. The van der Waals surface area contributed by atoms with Crippen LogP contribution in [-0.4, -0.2) is 5.16 Å². The summed E-state index contributed by atoms with van der Waals surface area (Å²) in [5, 5.41) is 3.65. The minimum Gasteiger partial charge on any atom is -0.367 e. The van der Waals surface area contributed by atoms with Crippen molar-refractivity contribution in [3.05, 3.63) is 23.8 Å². The Morgan fingerprint density at radius 1 is 1.29 bits per heavy atom. The number of nitrogens with zero attached hydrogens (tertiary/aromatic N) is 1. The first-order valence-electron chi connectivity index (χ1n) is 3.70. The van der Waals surface area contributed by atoms with Crippen LogP contribution in [0.2, 0.25) is 0 Å². The normalized spacial score (nSPS) is 12.2. The molecule has 0 fully saturated rings. The molecule has 0 amide bonds. The van der Waals surface area contributed by atoms with Crippen molar-refractivity contribution in [2.45, 2.75) is 6.18 Å². The van der Waals surface area contributed by atoms with Gasteiger partial charge in [-0.2, -0.15) is 13.2 Å². The van der Waals surface area contributed by atoms with Crippen LogP contribution in [0.4, 0.5) is 19.1 Å². The van der Waals surface area contributed by atoms with E-state index in [0.29, 0.717) is 5.52 Å². The SMILES string of the molecule is Nc1onc2ccc(C(F)(F)F)cc12. The standard InChI is InChI=1S/C8H5F3N2O/c9-8(10,11)4-1-2-6-5(3-4)7(12)14-13-6/h1-3H,12H2. The fourth-order valence-electron chi connectivity index (χ4n) is 1.14. The number of aromatic nitrogens is 1. The number of benzene rings is 1. The summed E-state index contributed by atoms with van der Waals surface area (Å²) >= 11 is 0. The predicted molar refractivity (Wildman–Crippen MR) is 43.4 cm³/mol. The van der Waals surface area contributed by atoms with Crippen molar-refractivity contribution < 1.29 is 17.7 Å². The lowest BCUT2D eigenvalue weighted by Gasteiger charge is -2.04. The summed E-state index contributed by atoms with van der Waals surface area (Å²) in [6.07, 6.45) is -4.38. The van der Waals surface area contributed by atoms with Crippen molar-refractivity contribution >= 4 is 16.8 Å². The Balaban J connectivity index is 2.66. The fraction of sp³-hybridized carbons (Fsp3) is 0.125. The Bertz CT molecular complexity index is 475. The van der Waals surface area contributed by atoms with Crippen LogP contribution >= 0.6 is 0 Å². The van der Waals surface area contributed by atoms with E-state index in [2.05, 4.69) is 9.68 Å². The van der Waals surface area contributed by atoms with Crippen LogP contribution in [0.25, 0.3) is 10.9 Å². The number of hydrogen-bond donors (Lipinski definition) is 1. The molecule has 1 heterocycles. The van der Waals surface area contributed by atoms with Crippen LogP contribution < -0.4 is 5.73 Å². The molecule has 0 aliphatic heterocycles. The first-order valence-corrected chi connectivity index (χ1v) is 3.70. The van der Waals surface area contributed by atoms with Crippen LogP contribution in [0.5, 0.6) is 0 Å². The number of nitrogens with two attached hydrogens (primary N) is 1. The van der Waals surface area contributed by atoms with Gasteiger partial charge in [0.05, 0.1) is 10.9 Å². The van der Waals surface area contributed by atoms with Crippen LogP contribution in [0, 0.1) is 0 Å². The fourth-order valence-corrected chi connectivity index (χ4v) is 1.14. The second-order valence-corrected chi connectivity index (χ2v) is 2.78. The highest BCUT2D eigenvalue weighted by atomic mass is 19.4. The van der Waals surface area contributed by atoms with E-state index < -0.39 is 11.7 Å². The van der Waals surface area contributed by atoms with Crippen LogP contribution in [0.1, 0.15) is 5.56 Å². The van der Waals surface area contributed by atoms with Crippen LogP contribution in [-0.2, 0) is 6.18 Å². The van der Waals surface area contributed by atoms with Crippen molar-refractivity contribution in [2.75, 3.05) is 5.73 Å². The van der Waals surface area contributed by atoms with Gasteiger partial charge in [-0.15, -0.1) is 0 Å². The molecule has 0 saturated heterocycles. The number of alkyl halides is 3. The minimum atomic E-state index is -4.38. The monoisotopic (exact) mass is 202 g/mol. The Kier molecular flexibility index (Phi) is 1.67. The third-order valence-electron chi connectivity index (χ3n) is 1.83. The van der Waals surface area contributed by atoms with Gasteiger partial charge in [0.25, 0.3) is 0 Å². The second kappa shape index (κ2) is 2.63. The molecule has 1 aromatic carbocycles. The Morgan fingerprint density at radius 3 is 2.64 bits per heavy atom. The number of halogens is 3. The summed E-state index contributed by atoms with van der Waals surface area (Å²) in [5.74, 6) is -0.105. The van der Waals surface area contributed by atoms with Gasteiger partial charge >= 0.3 is 6.18 Å². The van der Waals surface area contributed by atoms with E-state index in [1.807, 2.05) is 0 Å². The lowest BCUT2D eigenvalue weighted by Crippen LogP contribution is -2.04. The van der Waals surface area contributed by atoms with Crippen molar-refractivity contribution in [1.29, 1.82) is 0 Å². The number of hydrogen-bond acceptors (Lipinski definition) is 3. The van der Waals surface area contributed by atoms with Crippen molar-refractivity contribution in [3.8, 4) is 0 Å². The molecule has 2 N–H and O–H groups in total. The molecule has 74 valence electrons. The molecule has 2 aromatic rings. The van der Waals surface area contributed by atoms with E-state index in [1.54, 1.807) is 0 Å². The summed E-state index contributed by atoms with van der Waals surface area (Å²) in [6.45, 7) is 0. The topological polar surface area (TPSA) is 52.0 Å². The first-order chi connectivity index (χ1) is 6.48. The van der Waals surface area contributed by atoms with E-state index in [9.17, 15) is 13.2 Å². The molecule has 2 rings (SSSR count). The highest BCUT2D eigenvalue weighted by molar-refractivity contribution is 5.87. The quantitative estimate of drug-likeness (QED) is 0.713. The van der Waals surface area contributed by atoms with Gasteiger partial charge in [-0.3, -0.25) is 0 Å². The maximum absolute atomic E-state index is 12.3. The summed E-state index contributed by atoms with van der Waals surface area (Å²) in [5.41, 5.74) is 4.84. The summed E-state index contributed by atoms with van der Waals surface area (Å²) in [6, 6.07) is 3.07. The minimum absolute atomic E-state index is 0.105. The maximum Gasteiger partial charge on any atom is 0.416 e. The van der Waals surface area contributed by atoms with E-state index in [4.69, 9.17) is 5.73 Å². The molecule has 0 saturated carbocycles. The van der Waals surface area contributed by atoms with Gasteiger partial charge in [0.2, 0.25) is 5.88 Å². The van der Waals surface area contributed by atoms with E-state index >= 15 is 0 Å². The summed E-state index contributed by atoms with van der Waals surface area (Å²) < 4.78 is 41.3. The van der Waals surface area contributed by atoms with E-state index in [-0.39, 0.29) is 11.3 Å². The van der Waals surface area contributed by atoms with Crippen LogP contribution in [0.3, 0.4) is 0 Å². The van der Waals surface area contributed by atoms with Gasteiger partial charge < -0.3 is 10.3 Å². The van der Waals surface area contributed by atoms with Gasteiger partial charge in [-0.05, 0) is 18.2 Å². The average molecular weight is 202 g/mol. The zero-order chi connectivity index (χ0) is 10.3. The van der Waals surface area contributed by atoms with Crippen molar-refractivity contribution in [2.24, 2.45) is 0 Å². The Morgan fingerprint density at radius 2 is 2.00 bits per heavy atom. The number of fused-ring (bicyclic) bond motifs is 1. The predicted octanol–water partition coefficient (Wildman–Crippen LogP) is 2.43. The molecule has 0 aliphatic rings. The average Bonchev–Trinajstić information content (AvgIpc) is 2.46. The molecule has 0 bridgehead atoms. The maximum atomic E-state index is 12.3. The molecule has 0 aliphatic carbocycles. The zero-order valence-electron chi connectivity index (χ0n) is 6.80. The smallest absolute Gasteiger partial charge is 0.367 e. The largest absolute Gasteiger partial charge is 0.416 e. The van der Waals surface area contributed by atoms with Gasteiger partial charge in [0.15, 0.2) is 0 Å². The summed E-state index contributed by atoms with van der Waals surface area (Å²) in [7, 11) is 0. The van der Waals surface area contributed by atoms with Crippen molar-refractivity contribution in [3.63, 3.8) is 0 Å². The molecule has 14 heavy (non-hydrogen) atoms. The van der Waals surface area contributed by atoms with Gasteiger partial charge in [0.1, 0.15) is 5.52 Å². The second-order valence-electron chi connectivity index (χ2n) is 2.78. The molecular formula is C8H5F3N2O. The highest BCUT2D eigenvalue weighted by Crippen LogP contribution is 2.32. The molecule has 3 nitrogen and oxygen atoms in total. The zero-order valence-corrected chi connectivity index (χ0v) is 6.80. The van der Waals surface area contributed by atoms with E-state index in [1.165, 1.54) is 6.07 Å². The van der Waals surface area contributed by atoms with Gasteiger partial charge in [0, 0.05) is 0 Å². The molecule has 1 aromatic heterocycles. The van der Waals surface area contributed by atoms with Crippen LogP contribution in [0.15, 0.2) is 22.7 Å². The van der Waals surface area contributed by atoms with E-state index in [0.717, 1.165) is 12.1 Å².